The summed E-state index contributed by atoms with van der Waals surface area (Å²) in [6, 6.07) is 0. The van der Waals surface area contributed by atoms with Gasteiger partial charge in [-0.3, -0.25) is 4.21 Å². The zero-order valence-corrected chi connectivity index (χ0v) is 10.9. The summed E-state index contributed by atoms with van der Waals surface area (Å²) in [5, 5.41) is 0. The third kappa shape index (κ3) is 160. The van der Waals surface area contributed by atoms with E-state index in [9.17, 15) is 0 Å². The van der Waals surface area contributed by atoms with Gasteiger partial charge >= 0.3 is 67.3 Å². The molecule has 1 atom stereocenters. The zero-order valence-electron chi connectivity index (χ0n) is 5.01. The minimum Gasteiger partial charge on any atom is -0.784 e. The Morgan fingerprint density at radius 3 is 1.10 bits per heavy atom. The molecule has 0 saturated carbocycles. The maximum absolute atomic E-state index is 8.56. The van der Waals surface area contributed by atoms with Crippen LogP contribution >= 0.6 is 0 Å². The molecule has 52 valence electrons. The van der Waals surface area contributed by atoms with Gasteiger partial charge in [-0.25, -0.2) is 4.21 Å². The normalized spacial score (nSPS) is 9.70. The Kier molecular flexibility index (Phi) is 39.9. The third-order valence-electron chi connectivity index (χ3n) is 0. The number of rotatable bonds is 0. The van der Waals surface area contributed by atoms with Crippen LogP contribution in [0, 0.1) is 0 Å². The molecule has 0 spiro atoms. The quantitative estimate of drug-likeness (QED) is 0.324. The van der Waals surface area contributed by atoms with Crippen molar-refractivity contribution in [2.75, 3.05) is 0 Å². The molecular formula is HCaNaO6S2. The molecule has 0 heterocycles. The van der Waals surface area contributed by atoms with Crippen LogP contribution in [-0.2, 0) is 22.7 Å². The molecule has 6 nitrogen and oxygen atoms in total. The summed E-state index contributed by atoms with van der Waals surface area (Å²) in [4.78, 5) is 0. The van der Waals surface area contributed by atoms with Crippen molar-refractivity contribution in [3.05, 3.63) is 0 Å². The second-order valence-electron chi connectivity index (χ2n) is 0.421. The van der Waals surface area contributed by atoms with E-state index in [0.29, 0.717) is 0 Å². The van der Waals surface area contributed by atoms with Gasteiger partial charge in [0.05, 0.1) is 11.4 Å². The van der Waals surface area contributed by atoms with Crippen LogP contribution in [0.2, 0.25) is 0 Å². The summed E-state index contributed by atoms with van der Waals surface area (Å²) in [6.45, 7) is 0. The Morgan fingerprint density at radius 1 is 1.10 bits per heavy atom. The van der Waals surface area contributed by atoms with Crippen molar-refractivity contribution in [1.82, 2.24) is 0 Å². The van der Waals surface area contributed by atoms with Crippen LogP contribution in [0.1, 0.15) is 0 Å². The van der Waals surface area contributed by atoms with E-state index < -0.39 is 22.7 Å². The second kappa shape index (κ2) is 17.5. The van der Waals surface area contributed by atoms with E-state index >= 15 is 0 Å². The van der Waals surface area contributed by atoms with Gasteiger partial charge in [-0.05, 0) is 0 Å². The minimum atomic E-state index is -3.11. The molecule has 0 aromatic carbocycles. The van der Waals surface area contributed by atoms with E-state index in [1.165, 1.54) is 0 Å². The van der Waals surface area contributed by atoms with E-state index in [4.69, 9.17) is 26.6 Å². The first kappa shape index (κ1) is 22.8. The van der Waals surface area contributed by atoms with Crippen molar-refractivity contribution >= 4 is 60.5 Å². The third-order valence-corrected chi connectivity index (χ3v) is 0. The molecule has 0 aliphatic rings. The molecule has 0 aromatic heterocycles. The predicted molar refractivity (Wildman–Crippen MR) is 27.0 cm³/mol. The topological polar surface area (TPSA) is 124 Å². The fraction of sp³-hybridized carbons (Fsp3) is 0. The van der Waals surface area contributed by atoms with Gasteiger partial charge in [0.25, 0.3) is 0 Å². The van der Waals surface area contributed by atoms with Crippen LogP contribution in [0.4, 0.5) is 0 Å². The molecule has 1 N–H and O–H groups in total. The van der Waals surface area contributed by atoms with Gasteiger partial charge in [0.2, 0.25) is 0 Å². The van der Waals surface area contributed by atoms with E-state index in [1.807, 2.05) is 0 Å². The van der Waals surface area contributed by atoms with Crippen LogP contribution in [0.5, 0.6) is 0 Å². The fourth-order valence-corrected chi connectivity index (χ4v) is 0. The van der Waals surface area contributed by atoms with Crippen molar-refractivity contribution in [1.29, 1.82) is 0 Å². The summed E-state index contributed by atoms with van der Waals surface area (Å²) in [5.74, 6) is 0. The van der Waals surface area contributed by atoms with Crippen LogP contribution in [0.25, 0.3) is 0 Å². The van der Waals surface area contributed by atoms with Gasteiger partial charge in [-0.1, -0.05) is 0 Å². The Labute approximate surface area is 115 Å². The van der Waals surface area contributed by atoms with Crippen LogP contribution in [0.15, 0.2) is 0 Å². The largest absolute Gasteiger partial charge is 2.00 e. The van der Waals surface area contributed by atoms with Gasteiger partial charge in [-0.15, -0.1) is 11.4 Å². The first-order chi connectivity index (χ1) is 3.46. The molecule has 0 bridgehead atoms. The summed E-state index contributed by atoms with van der Waals surface area (Å²) >= 11 is -5.97. The van der Waals surface area contributed by atoms with Crippen molar-refractivity contribution in [2.45, 2.75) is 0 Å². The van der Waals surface area contributed by atoms with Crippen molar-refractivity contribution in [2.24, 2.45) is 0 Å². The molecule has 0 aliphatic heterocycles. The summed E-state index contributed by atoms with van der Waals surface area (Å²) in [5.41, 5.74) is 0. The van der Waals surface area contributed by atoms with E-state index in [0.717, 1.165) is 0 Å². The Bertz CT molecular complexity index is 73.7. The standard InChI is InChI=1S/Ca.Na.2H2O3S/c;;2*1-4(2)3/h;;2*(H2,1,2,3)/q+2;+1;;/p-3. The van der Waals surface area contributed by atoms with Gasteiger partial charge in [-0.2, -0.15) is 0 Å². The zero-order chi connectivity index (χ0) is 7.15. The Hall–Kier alpha value is 2.40. The molecule has 0 aromatic rings. The van der Waals surface area contributed by atoms with E-state index in [-0.39, 0.29) is 67.3 Å². The van der Waals surface area contributed by atoms with Gasteiger partial charge in [0, 0.05) is 0 Å². The van der Waals surface area contributed by atoms with Crippen molar-refractivity contribution < 1.29 is 56.2 Å². The van der Waals surface area contributed by atoms with Crippen LogP contribution in [-0.4, -0.2) is 64.4 Å². The average molecular weight is 224 g/mol. The molecule has 0 fully saturated rings. The van der Waals surface area contributed by atoms with Gasteiger partial charge < -0.3 is 18.2 Å². The second-order valence-corrected chi connectivity index (χ2v) is 1.26. The van der Waals surface area contributed by atoms with Gasteiger partial charge in [0.1, 0.15) is 0 Å². The molecule has 0 radical (unpaired) electrons. The molecule has 0 aliphatic carbocycles. The molecule has 0 amide bonds. The maximum atomic E-state index is 8.56. The number of hydrogen-bond donors (Lipinski definition) is 1. The van der Waals surface area contributed by atoms with Crippen molar-refractivity contribution in [3.63, 3.8) is 0 Å². The first-order valence-electron chi connectivity index (χ1n) is 1.02. The van der Waals surface area contributed by atoms with Crippen molar-refractivity contribution in [3.8, 4) is 0 Å². The summed E-state index contributed by atoms with van der Waals surface area (Å²) < 4.78 is 49.4. The van der Waals surface area contributed by atoms with E-state index in [1.54, 1.807) is 0 Å². The monoisotopic (exact) mass is 224 g/mol. The molecule has 0 saturated heterocycles. The Balaban J connectivity index is -0.0000000300. The first-order valence-corrected chi connectivity index (χ1v) is 3.05. The summed E-state index contributed by atoms with van der Waals surface area (Å²) in [6.07, 6.45) is 0. The SMILES string of the molecule is O=S([O-])O.O=S([O-])[O-].[Ca+2].[Na+]. The maximum Gasteiger partial charge on any atom is 2.00 e. The van der Waals surface area contributed by atoms with Gasteiger partial charge in [0.15, 0.2) is 0 Å². The van der Waals surface area contributed by atoms with Crippen LogP contribution < -0.4 is 29.6 Å². The molecular weight excluding hydrogens is 223 g/mol. The molecule has 1 unspecified atom stereocenters. The smallest absolute Gasteiger partial charge is 0.784 e. The fourth-order valence-electron chi connectivity index (χ4n) is 0. The molecule has 0 rings (SSSR count). The van der Waals surface area contributed by atoms with Crippen LogP contribution in [0.3, 0.4) is 0 Å². The Morgan fingerprint density at radius 2 is 1.10 bits per heavy atom. The average Bonchev–Trinajstić information content (AvgIpc) is 1.25. The minimum absolute atomic E-state index is 0. The summed E-state index contributed by atoms with van der Waals surface area (Å²) in [7, 11) is 0. The predicted octanol–water partition coefficient (Wildman–Crippen LogP) is -5.04. The molecule has 10 heavy (non-hydrogen) atoms. The number of hydrogen-bond acceptors (Lipinski definition) is 5. The molecule has 10 heteroatoms. The van der Waals surface area contributed by atoms with E-state index in [2.05, 4.69) is 0 Å².